The topological polar surface area (TPSA) is 49.3 Å². The maximum Gasteiger partial charge on any atom is 0.416 e. The van der Waals surface area contributed by atoms with Crippen molar-refractivity contribution >= 4 is 5.97 Å². The molecule has 0 fully saturated rings. The van der Waals surface area contributed by atoms with E-state index in [9.17, 15) is 18.0 Å². The molecule has 0 bridgehead atoms. The molecule has 0 amide bonds. The molecule has 0 aromatic heterocycles. The van der Waals surface area contributed by atoms with Crippen molar-refractivity contribution in [2.24, 2.45) is 5.41 Å². The number of rotatable bonds is 9. The molecule has 0 saturated carbocycles. The molecule has 0 spiro atoms. The van der Waals surface area contributed by atoms with Gasteiger partial charge in [-0.2, -0.15) is 13.2 Å². The number of nitrogens with one attached hydrogen (secondary N) is 1. The Hall–Kier alpha value is -1.56. The van der Waals surface area contributed by atoms with Gasteiger partial charge in [0.2, 0.25) is 0 Å². The number of alkyl halides is 3. The van der Waals surface area contributed by atoms with Gasteiger partial charge in [-0.25, -0.2) is 0 Å². The Morgan fingerprint density at radius 1 is 1.17 bits per heavy atom. The Morgan fingerprint density at radius 2 is 1.87 bits per heavy atom. The molecular formula is C17H24F3NO2. The Kier molecular flexibility index (Phi) is 7.06. The standard InChI is InChI=1S/C17H24F3NO2/c1-16(2,15(22)23)9-11-21-10-4-3-6-13-7-5-8-14(12-13)17(18,19)20/h5,7-8,12,21H,3-4,6,9-11H2,1-2H3,(H,22,23). The highest BCUT2D eigenvalue weighted by Crippen LogP contribution is 2.29. The maximum absolute atomic E-state index is 12.6. The second-order valence-corrected chi connectivity index (χ2v) is 6.34. The highest BCUT2D eigenvalue weighted by atomic mass is 19.4. The van der Waals surface area contributed by atoms with Gasteiger partial charge in [0.05, 0.1) is 11.0 Å². The van der Waals surface area contributed by atoms with E-state index in [4.69, 9.17) is 5.11 Å². The van der Waals surface area contributed by atoms with Crippen LogP contribution in [0.1, 0.15) is 44.2 Å². The normalized spacial score (nSPS) is 12.4. The van der Waals surface area contributed by atoms with Gasteiger partial charge in [-0.3, -0.25) is 4.79 Å². The first kappa shape index (κ1) is 19.5. The lowest BCUT2D eigenvalue weighted by Crippen LogP contribution is -2.29. The minimum atomic E-state index is -4.30. The number of carbonyl (C=O) groups is 1. The zero-order valence-electron chi connectivity index (χ0n) is 13.5. The van der Waals surface area contributed by atoms with Crippen LogP contribution in [0, 0.1) is 5.41 Å². The van der Waals surface area contributed by atoms with E-state index in [0.717, 1.165) is 25.5 Å². The van der Waals surface area contributed by atoms with Crippen LogP contribution >= 0.6 is 0 Å². The Morgan fingerprint density at radius 3 is 2.48 bits per heavy atom. The van der Waals surface area contributed by atoms with Crippen molar-refractivity contribution in [1.29, 1.82) is 0 Å². The fourth-order valence-corrected chi connectivity index (χ4v) is 2.12. The molecule has 1 aromatic carbocycles. The summed E-state index contributed by atoms with van der Waals surface area (Å²) in [5, 5.41) is 12.2. The summed E-state index contributed by atoms with van der Waals surface area (Å²) in [5.41, 5.74) is -0.666. The molecule has 0 aliphatic carbocycles. The van der Waals surface area contributed by atoms with E-state index >= 15 is 0 Å². The monoisotopic (exact) mass is 331 g/mol. The summed E-state index contributed by atoms with van der Waals surface area (Å²) in [6.07, 6.45) is -1.53. The number of hydrogen-bond donors (Lipinski definition) is 2. The van der Waals surface area contributed by atoms with Gasteiger partial charge in [0.1, 0.15) is 0 Å². The van der Waals surface area contributed by atoms with Crippen molar-refractivity contribution < 1.29 is 23.1 Å². The van der Waals surface area contributed by atoms with Crippen LogP contribution in [0.2, 0.25) is 0 Å². The van der Waals surface area contributed by atoms with Crippen molar-refractivity contribution in [3.05, 3.63) is 35.4 Å². The zero-order valence-corrected chi connectivity index (χ0v) is 13.5. The average Bonchev–Trinajstić information content (AvgIpc) is 2.45. The number of unbranched alkanes of at least 4 members (excludes halogenated alkanes) is 1. The summed E-state index contributed by atoms with van der Waals surface area (Å²) in [5.74, 6) is -0.816. The maximum atomic E-state index is 12.6. The second kappa shape index (κ2) is 8.34. The van der Waals surface area contributed by atoms with Crippen molar-refractivity contribution in [1.82, 2.24) is 5.32 Å². The number of hydrogen-bond acceptors (Lipinski definition) is 2. The second-order valence-electron chi connectivity index (χ2n) is 6.34. The van der Waals surface area contributed by atoms with Gasteiger partial charge in [0.25, 0.3) is 0 Å². The molecule has 6 heteroatoms. The SMILES string of the molecule is CC(C)(CCNCCCCc1cccc(C(F)(F)F)c1)C(=O)O. The summed E-state index contributed by atoms with van der Waals surface area (Å²) < 4.78 is 37.8. The van der Waals surface area contributed by atoms with E-state index < -0.39 is 23.1 Å². The highest BCUT2D eigenvalue weighted by Gasteiger charge is 2.30. The van der Waals surface area contributed by atoms with Crippen molar-refractivity contribution in [2.45, 2.75) is 45.7 Å². The van der Waals surface area contributed by atoms with E-state index in [1.807, 2.05) is 0 Å². The average molecular weight is 331 g/mol. The first-order valence-electron chi connectivity index (χ1n) is 7.73. The molecule has 0 atom stereocenters. The third kappa shape index (κ3) is 7.03. The lowest BCUT2D eigenvalue weighted by Gasteiger charge is -2.18. The summed E-state index contributed by atoms with van der Waals surface area (Å²) in [6.45, 7) is 4.72. The minimum Gasteiger partial charge on any atom is -0.481 e. The predicted molar refractivity (Wildman–Crippen MR) is 83.3 cm³/mol. The molecule has 3 nitrogen and oxygen atoms in total. The molecule has 0 aliphatic rings. The minimum absolute atomic E-state index is 0.538. The lowest BCUT2D eigenvalue weighted by molar-refractivity contribution is -0.147. The molecule has 0 heterocycles. The molecular weight excluding hydrogens is 307 g/mol. The molecule has 23 heavy (non-hydrogen) atoms. The van der Waals surface area contributed by atoms with Gasteiger partial charge in [-0.15, -0.1) is 0 Å². The number of aryl methyl sites for hydroxylation is 1. The fourth-order valence-electron chi connectivity index (χ4n) is 2.12. The van der Waals surface area contributed by atoms with E-state index in [1.54, 1.807) is 19.9 Å². The Bertz CT molecular complexity index is 513. The smallest absolute Gasteiger partial charge is 0.416 e. The third-order valence-corrected chi connectivity index (χ3v) is 3.83. The van der Waals surface area contributed by atoms with Crippen LogP contribution in [-0.4, -0.2) is 24.2 Å². The van der Waals surface area contributed by atoms with Gasteiger partial charge in [-0.05, 0) is 64.3 Å². The van der Waals surface area contributed by atoms with Gasteiger partial charge in [-0.1, -0.05) is 18.2 Å². The Balaban J connectivity index is 2.22. The van der Waals surface area contributed by atoms with Crippen LogP contribution in [0.4, 0.5) is 13.2 Å². The molecule has 0 unspecified atom stereocenters. The Labute approximate surface area is 134 Å². The summed E-state index contributed by atoms with van der Waals surface area (Å²) in [7, 11) is 0. The first-order chi connectivity index (χ1) is 10.6. The van der Waals surface area contributed by atoms with E-state index in [0.29, 0.717) is 24.9 Å². The number of benzene rings is 1. The van der Waals surface area contributed by atoms with E-state index in [1.165, 1.54) is 12.1 Å². The van der Waals surface area contributed by atoms with Crippen molar-refractivity contribution in [3.8, 4) is 0 Å². The van der Waals surface area contributed by atoms with Gasteiger partial charge < -0.3 is 10.4 Å². The van der Waals surface area contributed by atoms with E-state index in [2.05, 4.69) is 5.32 Å². The summed E-state index contributed by atoms with van der Waals surface area (Å²) in [4.78, 5) is 10.9. The third-order valence-electron chi connectivity index (χ3n) is 3.83. The van der Waals surface area contributed by atoms with Gasteiger partial charge in [0, 0.05) is 0 Å². The lowest BCUT2D eigenvalue weighted by atomic mass is 9.90. The van der Waals surface area contributed by atoms with Crippen LogP contribution < -0.4 is 5.32 Å². The van der Waals surface area contributed by atoms with Crippen LogP contribution in [0.25, 0.3) is 0 Å². The van der Waals surface area contributed by atoms with Crippen molar-refractivity contribution in [2.75, 3.05) is 13.1 Å². The van der Waals surface area contributed by atoms with Gasteiger partial charge >= 0.3 is 12.1 Å². The first-order valence-corrected chi connectivity index (χ1v) is 7.73. The fraction of sp³-hybridized carbons (Fsp3) is 0.588. The molecule has 2 N–H and O–H groups in total. The van der Waals surface area contributed by atoms with Crippen LogP contribution in [0.5, 0.6) is 0 Å². The van der Waals surface area contributed by atoms with E-state index in [-0.39, 0.29) is 0 Å². The van der Waals surface area contributed by atoms with Crippen molar-refractivity contribution in [3.63, 3.8) is 0 Å². The summed E-state index contributed by atoms with van der Waals surface area (Å²) >= 11 is 0. The summed E-state index contributed by atoms with van der Waals surface area (Å²) in [6, 6.07) is 5.42. The van der Waals surface area contributed by atoms with Crippen LogP contribution in [0.3, 0.4) is 0 Å². The molecule has 0 saturated heterocycles. The number of halogens is 3. The highest BCUT2D eigenvalue weighted by molar-refractivity contribution is 5.73. The molecule has 0 aliphatic heterocycles. The van der Waals surface area contributed by atoms with Crippen LogP contribution in [0.15, 0.2) is 24.3 Å². The zero-order chi connectivity index (χ0) is 17.5. The molecule has 0 radical (unpaired) electrons. The molecule has 1 rings (SSSR count). The van der Waals surface area contributed by atoms with Crippen LogP contribution in [-0.2, 0) is 17.4 Å². The molecule has 130 valence electrons. The number of aliphatic carboxylic acids is 1. The van der Waals surface area contributed by atoms with Gasteiger partial charge in [0.15, 0.2) is 0 Å². The largest absolute Gasteiger partial charge is 0.481 e. The molecule has 1 aromatic rings. The quantitative estimate of drug-likeness (QED) is 0.669. The predicted octanol–water partition coefficient (Wildman–Crippen LogP) is 4.12. The number of carboxylic acids is 1. The number of carboxylic acid groups (broad SMARTS) is 1.